The Bertz CT molecular complexity index is 2840. The number of nitrogens with one attached hydrogen (secondary N) is 2. The van der Waals surface area contributed by atoms with Crippen LogP contribution in [0.1, 0.15) is 77.3 Å². The van der Waals surface area contributed by atoms with Crippen molar-refractivity contribution in [1.29, 1.82) is 0 Å². The molecule has 0 atom stereocenters. The van der Waals surface area contributed by atoms with E-state index in [2.05, 4.69) is 19.9 Å². The number of rotatable bonds is 8. The molecule has 1 radical (unpaired) electrons. The van der Waals surface area contributed by atoms with Crippen molar-refractivity contribution in [2.75, 3.05) is 52.4 Å². The number of fused-ring (bicyclic) bond motifs is 2. The number of carboxylic acids is 1. The van der Waals surface area contributed by atoms with E-state index in [-0.39, 0.29) is 140 Å². The number of nitrogens with zero attached hydrogens (tertiary/aromatic N) is 7. The predicted octanol–water partition coefficient (Wildman–Crippen LogP) is 4.17. The first-order chi connectivity index (χ1) is 31.1. The third kappa shape index (κ3) is 11.9. The summed E-state index contributed by atoms with van der Waals surface area (Å²) in [6.07, 6.45) is 4.30. The van der Waals surface area contributed by atoms with Gasteiger partial charge in [0, 0.05) is 98.3 Å². The van der Waals surface area contributed by atoms with Crippen molar-refractivity contribution in [3.05, 3.63) is 141 Å². The van der Waals surface area contributed by atoms with Crippen LogP contribution in [0.2, 0.25) is 0 Å². The number of ketones is 2. The fraction of sp³-hybridized carbons (Fsp3) is 0.227. The van der Waals surface area contributed by atoms with Crippen molar-refractivity contribution in [3.63, 3.8) is 0 Å². The Balaban J connectivity index is 0.000000321. The molecule has 2 fully saturated rings. The number of benzene rings is 2. The summed E-state index contributed by atoms with van der Waals surface area (Å²) in [7, 11) is 0. The van der Waals surface area contributed by atoms with Crippen LogP contribution in [0.15, 0.2) is 85.5 Å². The molecule has 0 spiro atoms. The van der Waals surface area contributed by atoms with Gasteiger partial charge < -0.3 is 39.9 Å². The minimum atomic E-state index is -1.50. The molecule has 2 aliphatic rings. The zero-order valence-corrected chi connectivity index (χ0v) is 35.5. The molecule has 2 aromatic carbocycles. The first kappa shape index (κ1) is 54.3. The third-order valence-corrected chi connectivity index (χ3v) is 10.3. The minimum absolute atomic E-state index is 0. The maximum atomic E-state index is 14.3. The molecule has 21 nitrogen and oxygen atoms in total. The van der Waals surface area contributed by atoms with E-state index in [0.29, 0.717) is 23.6 Å². The number of carbonyl (C=O) groups is 8. The number of piperazine rings is 2. The third-order valence-electron chi connectivity index (χ3n) is 10.3. The van der Waals surface area contributed by atoms with Crippen LogP contribution < -0.4 is 0 Å². The summed E-state index contributed by atoms with van der Waals surface area (Å²) in [5.41, 5.74) is 0.0897. The summed E-state index contributed by atoms with van der Waals surface area (Å²) in [6, 6.07) is 17.5. The van der Waals surface area contributed by atoms with Gasteiger partial charge in [-0.2, -0.15) is 0 Å². The molecule has 4 amide bonds. The van der Waals surface area contributed by atoms with E-state index >= 15 is 0 Å². The number of aromatic nitrogens is 4. The molecular formula is C44H43AgF2N9O12. The van der Waals surface area contributed by atoms with Crippen molar-refractivity contribution in [1.82, 2.24) is 39.5 Å². The Labute approximate surface area is 400 Å². The molecule has 2 aliphatic heterocycles. The molecule has 68 heavy (non-hydrogen) atoms. The Hall–Kier alpha value is -8.02. The number of pyridine rings is 2. The molecule has 24 heteroatoms. The second-order valence-corrected chi connectivity index (χ2v) is 14.1. The Morgan fingerprint density at radius 1 is 0.632 bits per heavy atom. The summed E-state index contributed by atoms with van der Waals surface area (Å²) in [5.74, 6) is -6.87. The van der Waals surface area contributed by atoms with Crippen LogP contribution in [-0.2, 0) is 32.0 Å². The maximum Gasteiger partial charge on any atom is 0.356 e. The number of H-pyrrole nitrogens is 2. The molecule has 0 saturated carbocycles. The number of aromatic amines is 2. The van der Waals surface area contributed by atoms with Gasteiger partial charge in [-0.25, -0.2) is 23.5 Å². The van der Waals surface area contributed by atoms with E-state index < -0.39 is 51.8 Å². The molecule has 6 aromatic rings. The first-order valence-corrected chi connectivity index (χ1v) is 19.3. The van der Waals surface area contributed by atoms with Crippen molar-refractivity contribution in [2.24, 2.45) is 0 Å². The predicted molar refractivity (Wildman–Crippen MR) is 233 cm³/mol. The summed E-state index contributed by atoms with van der Waals surface area (Å²) >= 11 is 0. The van der Waals surface area contributed by atoms with Gasteiger partial charge in [-0.05, 0) is 24.3 Å². The van der Waals surface area contributed by atoms with Crippen molar-refractivity contribution >= 4 is 69.3 Å². The van der Waals surface area contributed by atoms with Crippen LogP contribution >= 0.6 is 0 Å². The van der Waals surface area contributed by atoms with E-state index in [1.165, 1.54) is 16.0 Å². The molecule has 0 unspecified atom stereocenters. The summed E-state index contributed by atoms with van der Waals surface area (Å²) in [6.45, 7) is 1.75. The number of amides is 4. The van der Waals surface area contributed by atoms with Gasteiger partial charge in [-0.1, -0.05) is 51.3 Å². The van der Waals surface area contributed by atoms with Crippen molar-refractivity contribution in [3.8, 4) is 0 Å². The number of hydrogen-bond donors (Lipinski definition) is 4. The number of halogens is 2. The summed E-state index contributed by atoms with van der Waals surface area (Å²) in [5, 5.41) is 22.4. The van der Waals surface area contributed by atoms with Gasteiger partial charge >= 0.3 is 5.97 Å². The number of aldehydes is 1. The fourth-order valence-corrected chi connectivity index (χ4v) is 7.12. The number of aromatic carboxylic acids is 1. The van der Waals surface area contributed by atoms with Crippen LogP contribution in [-0.4, -0.2) is 155 Å². The van der Waals surface area contributed by atoms with Gasteiger partial charge in [0.2, 0.25) is 0 Å². The number of carboxylic acid groups (broad SMARTS) is 1. The van der Waals surface area contributed by atoms with Gasteiger partial charge in [-0.3, -0.25) is 33.6 Å². The largest absolute Gasteiger partial charge is 0.476 e. The van der Waals surface area contributed by atoms with Crippen LogP contribution in [0, 0.1) is 21.7 Å². The molecule has 0 aliphatic carbocycles. The monoisotopic (exact) mass is 1030 g/mol. The Morgan fingerprint density at radius 3 is 1.37 bits per heavy atom. The second kappa shape index (κ2) is 24.0. The maximum absolute atomic E-state index is 14.3. The molecule has 8 rings (SSSR count). The normalized spacial score (nSPS) is 12.9. The van der Waals surface area contributed by atoms with Crippen molar-refractivity contribution < 1.29 is 84.9 Å². The number of carbonyl (C=O) groups excluding carboxylic acids is 7. The molecular weight excluding hydrogens is 992 g/mol. The second-order valence-electron chi connectivity index (χ2n) is 14.1. The average Bonchev–Trinajstić information content (AvgIpc) is 3.98. The van der Waals surface area contributed by atoms with E-state index in [1.54, 1.807) is 58.3 Å². The van der Waals surface area contributed by atoms with Gasteiger partial charge in [0.05, 0.1) is 45.3 Å². The van der Waals surface area contributed by atoms with E-state index in [4.69, 9.17) is 15.3 Å². The molecule has 361 valence electrons. The van der Waals surface area contributed by atoms with Gasteiger partial charge in [0.25, 0.3) is 40.3 Å². The van der Waals surface area contributed by atoms with Crippen LogP contribution in [0.25, 0.3) is 21.8 Å². The van der Waals surface area contributed by atoms with E-state index in [1.807, 2.05) is 12.1 Å². The van der Waals surface area contributed by atoms with Gasteiger partial charge in [-0.15, -0.1) is 10.1 Å². The van der Waals surface area contributed by atoms with Gasteiger partial charge in [0.15, 0.2) is 23.6 Å². The Morgan fingerprint density at radius 2 is 0.985 bits per heavy atom. The average molecular weight is 1040 g/mol. The zero-order chi connectivity index (χ0) is 46.9. The van der Waals surface area contributed by atoms with Crippen LogP contribution in [0.4, 0.5) is 8.78 Å². The quantitative estimate of drug-likeness (QED) is 0.0416. The molecule has 0 bridgehead atoms. The molecule has 4 N–H and O–H groups in total. The first-order valence-electron chi connectivity index (χ1n) is 19.3. The van der Waals surface area contributed by atoms with E-state index in [9.17, 15) is 52.2 Å². The summed E-state index contributed by atoms with van der Waals surface area (Å²) < 4.78 is 28.5. The zero-order valence-electron chi connectivity index (χ0n) is 34.0. The fourth-order valence-electron chi connectivity index (χ4n) is 7.12. The smallest absolute Gasteiger partial charge is 0.356 e. The summed E-state index contributed by atoms with van der Waals surface area (Å²) in [4.78, 5) is 125. The number of hydrogen-bond acceptors (Lipinski definition) is 12. The van der Waals surface area contributed by atoms with Gasteiger partial charge in [0.1, 0.15) is 5.69 Å². The van der Waals surface area contributed by atoms with Crippen molar-refractivity contribution in [2.45, 2.75) is 14.9 Å². The van der Waals surface area contributed by atoms with Crippen LogP contribution in [0.3, 0.4) is 0 Å². The van der Waals surface area contributed by atoms with E-state index in [0.717, 1.165) is 12.4 Å². The van der Waals surface area contributed by atoms with Crippen LogP contribution in [0.5, 0.6) is 0 Å². The standard InChI is InChI=1S/C21H17FN4O5.C21H17FN4O4.2CH4.Ag.HNO3/c22-14-11-24-17(21(30)31)16-15(14)13(10-23-16)18(27)20(29)26-8-6-25(7-9-26)19(28)12-4-2-1-3-5-12;22-15-11-23-16(12-27)18-17(15)14(10-24-18)19(28)21(30)26-8-6-25(7-9-26)20(29)13-4-2-1-3-5-13;;;;2-1(3)4/h1-5,10-11,23H,6-9H2,(H,30,31);1-5,10-12,24H,6-9H2;2*1H4;;(H,2,3,4). The topological polar surface area (TPSA) is 290 Å². The minimum Gasteiger partial charge on any atom is -0.476 e. The number of Topliss-reactive ketones (excluding diaryl/α,β-unsaturated/α-hetero) is 2. The molecule has 4 aromatic heterocycles. The molecule has 6 heterocycles. The Kier molecular flexibility index (Phi) is 19.1. The molecule has 2 saturated heterocycles. The SMILES string of the molecule is C.C.O=C(O)c1ncc(F)c2c(C(=O)C(=O)N3CCN(C(=O)c4ccccc4)CC3)c[nH]c12.O=Cc1ncc(F)c2c(C(=O)C(=O)N3CCN(C(=O)c4ccccc4)CC3)c[nH]c12.O=[N+]([O-])O.[Ag].